The van der Waals surface area contributed by atoms with Crippen molar-refractivity contribution in [1.29, 1.82) is 0 Å². The Labute approximate surface area is 198 Å². The Kier molecular flexibility index (Phi) is 6.65. The lowest BCUT2D eigenvalue weighted by Gasteiger charge is -2.12. The van der Waals surface area contributed by atoms with Crippen LogP contribution in [0, 0.1) is 0 Å². The number of amides is 2. The highest BCUT2D eigenvalue weighted by molar-refractivity contribution is 8.18. The van der Waals surface area contributed by atoms with Gasteiger partial charge in [0.1, 0.15) is 5.75 Å². The molecule has 0 aromatic heterocycles. The molecule has 0 saturated carbocycles. The molecule has 1 fully saturated rings. The van der Waals surface area contributed by atoms with Crippen LogP contribution in [-0.4, -0.2) is 22.0 Å². The number of hydrogen-bond acceptors (Lipinski definition) is 5. The molecule has 1 saturated heterocycles. The van der Waals surface area contributed by atoms with Gasteiger partial charge >= 0.3 is 5.97 Å². The van der Waals surface area contributed by atoms with Crippen molar-refractivity contribution in [2.75, 3.05) is 0 Å². The molecule has 3 aromatic rings. The van der Waals surface area contributed by atoms with Gasteiger partial charge in [0.15, 0.2) is 0 Å². The van der Waals surface area contributed by atoms with E-state index in [0.29, 0.717) is 26.3 Å². The Balaban J connectivity index is 1.44. The quantitative estimate of drug-likeness (QED) is 0.237. The first-order chi connectivity index (χ1) is 15.4. The summed E-state index contributed by atoms with van der Waals surface area (Å²) in [5.74, 6) is -0.584. The Morgan fingerprint density at radius 3 is 2.31 bits per heavy atom. The molecule has 2 amide bonds. The zero-order valence-corrected chi connectivity index (χ0v) is 18.8. The fourth-order valence-electron chi connectivity index (χ4n) is 2.98. The SMILES string of the molecule is O=C(Oc1ccc(/C=C2\SC(=O)N(Cc3ccc(Cl)cc3)C2=O)cc1)c1ccccc1Cl. The van der Waals surface area contributed by atoms with Crippen LogP contribution in [0.25, 0.3) is 6.08 Å². The fraction of sp³-hybridized carbons (Fsp3) is 0.0417. The molecule has 5 nitrogen and oxygen atoms in total. The average molecular weight is 484 g/mol. The molecule has 160 valence electrons. The van der Waals surface area contributed by atoms with Gasteiger partial charge in [0.25, 0.3) is 11.1 Å². The molecule has 0 unspecified atom stereocenters. The number of carbonyl (C=O) groups excluding carboxylic acids is 3. The molecule has 1 aliphatic rings. The first-order valence-corrected chi connectivity index (χ1v) is 11.0. The van der Waals surface area contributed by atoms with Gasteiger partial charge in [0.05, 0.1) is 22.0 Å². The molecule has 0 aliphatic carbocycles. The number of nitrogens with zero attached hydrogens (tertiary/aromatic N) is 1. The molecule has 0 spiro atoms. The summed E-state index contributed by atoms with van der Waals surface area (Å²) in [4.78, 5) is 38.8. The van der Waals surface area contributed by atoms with E-state index < -0.39 is 5.97 Å². The van der Waals surface area contributed by atoms with Gasteiger partial charge in [-0.25, -0.2) is 4.79 Å². The molecule has 0 bridgehead atoms. The molecule has 8 heteroatoms. The van der Waals surface area contributed by atoms with Crippen molar-refractivity contribution in [1.82, 2.24) is 4.90 Å². The average Bonchev–Trinajstić information content (AvgIpc) is 3.04. The van der Waals surface area contributed by atoms with E-state index in [2.05, 4.69) is 0 Å². The summed E-state index contributed by atoms with van der Waals surface area (Å²) in [5, 5.41) is 0.564. The number of carbonyl (C=O) groups is 3. The lowest BCUT2D eigenvalue weighted by molar-refractivity contribution is -0.123. The lowest BCUT2D eigenvalue weighted by atomic mass is 10.2. The predicted molar refractivity (Wildman–Crippen MR) is 126 cm³/mol. The number of thioether (sulfide) groups is 1. The number of ether oxygens (including phenoxy) is 1. The smallest absolute Gasteiger partial charge is 0.345 e. The highest BCUT2D eigenvalue weighted by Gasteiger charge is 2.34. The summed E-state index contributed by atoms with van der Waals surface area (Å²) in [6.07, 6.45) is 1.63. The van der Waals surface area contributed by atoms with Crippen molar-refractivity contribution >= 4 is 58.2 Å². The summed E-state index contributed by atoms with van der Waals surface area (Å²) in [5.41, 5.74) is 1.77. The normalized spacial score (nSPS) is 14.8. The van der Waals surface area contributed by atoms with E-state index in [4.69, 9.17) is 27.9 Å². The second-order valence-corrected chi connectivity index (χ2v) is 8.67. The molecule has 4 rings (SSSR count). The van der Waals surface area contributed by atoms with Gasteiger partial charge in [-0.15, -0.1) is 0 Å². The minimum Gasteiger partial charge on any atom is -0.423 e. The molecule has 0 N–H and O–H groups in total. The lowest BCUT2D eigenvalue weighted by Crippen LogP contribution is -2.27. The van der Waals surface area contributed by atoms with Crippen LogP contribution in [0.15, 0.2) is 77.7 Å². The number of hydrogen-bond donors (Lipinski definition) is 0. The minimum absolute atomic E-state index is 0.177. The first kappa shape index (κ1) is 22.1. The third kappa shape index (κ3) is 5.05. The summed E-state index contributed by atoms with van der Waals surface area (Å²) < 4.78 is 5.35. The minimum atomic E-state index is -0.563. The van der Waals surface area contributed by atoms with Crippen molar-refractivity contribution in [3.05, 3.63) is 104 Å². The van der Waals surface area contributed by atoms with E-state index in [1.807, 2.05) is 0 Å². The van der Waals surface area contributed by atoms with Crippen molar-refractivity contribution in [2.45, 2.75) is 6.54 Å². The standard InChI is InChI=1S/C24H15Cl2NO4S/c25-17-9-5-16(6-10-17)14-27-22(28)21(32-24(27)30)13-15-7-11-18(12-8-15)31-23(29)19-3-1-2-4-20(19)26/h1-13H,14H2/b21-13-. The van der Waals surface area contributed by atoms with Crippen molar-refractivity contribution in [3.63, 3.8) is 0 Å². The van der Waals surface area contributed by atoms with Crippen molar-refractivity contribution in [3.8, 4) is 5.75 Å². The molecule has 3 aromatic carbocycles. The monoisotopic (exact) mass is 483 g/mol. The second kappa shape index (κ2) is 9.61. The second-order valence-electron chi connectivity index (χ2n) is 6.83. The zero-order chi connectivity index (χ0) is 22.7. The van der Waals surface area contributed by atoms with Gasteiger partial charge in [-0.2, -0.15) is 0 Å². The van der Waals surface area contributed by atoms with Gasteiger partial charge in [-0.05, 0) is 65.4 Å². The largest absolute Gasteiger partial charge is 0.423 e. The Morgan fingerprint density at radius 1 is 0.938 bits per heavy atom. The van der Waals surface area contributed by atoms with Crippen LogP contribution in [0.4, 0.5) is 4.79 Å². The zero-order valence-electron chi connectivity index (χ0n) is 16.5. The molecule has 1 aliphatic heterocycles. The van der Waals surface area contributed by atoms with E-state index in [0.717, 1.165) is 17.3 Å². The van der Waals surface area contributed by atoms with Crippen LogP contribution in [0.3, 0.4) is 0 Å². The number of benzene rings is 3. The summed E-state index contributed by atoms with van der Waals surface area (Å²) in [6.45, 7) is 0.177. The van der Waals surface area contributed by atoms with Crippen molar-refractivity contribution in [2.24, 2.45) is 0 Å². The summed E-state index contributed by atoms with van der Waals surface area (Å²) in [7, 11) is 0. The Bertz CT molecular complexity index is 1220. The molecule has 1 heterocycles. The van der Waals surface area contributed by atoms with Gasteiger partial charge in [-0.1, -0.05) is 59.6 Å². The van der Waals surface area contributed by atoms with Crippen molar-refractivity contribution < 1.29 is 19.1 Å². The van der Waals surface area contributed by atoms with E-state index in [-0.39, 0.29) is 23.3 Å². The predicted octanol–water partition coefficient (Wildman–Crippen LogP) is 6.45. The van der Waals surface area contributed by atoms with Gasteiger partial charge < -0.3 is 4.74 Å². The van der Waals surface area contributed by atoms with Gasteiger partial charge in [0.2, 0.25) is 0 Å². The maximum absolute atomic E-state index is 12.7. The number of rotatable bonds is 5. The van der Waals surface area contributed by atoms with Crippen LogP contribution >= 0.6 is 35.0 Å². The van der Waals surface area contributed by atoms with E-state index >= 15 is 0 Å². The van der Waals surface area contributed by atoms with Gasteiger partial charge in [0, 0.05) is 5.02 Å². The molecule has 32 heavy (non-hydrogen) atoms. The number of imide groups is 1. The van der Waals surface area contributed by atoms with Crippen LogP contribution in [-0.2, 0) is 11.3 Å². The van der Waals surface area contributed by atoms with E-state index in [1.54, 1.807) is 78.9 Å². The summed E-state index contributed by atoms with van der Waals surface area (Å²) >= 11 is 12.8. The van der Waals surface area contributed by atoms with Crippen LogP contribution in [0.1, 0.15) is 21.5 Å². The molecule has 0 radical (unpaired) electrons. The maximum Gasteiger partial charge on any atom is 0.345 e. The topological polar surface area (TPSA) is 63.7 Å². The Morgan fingerprint density at radius 2 is 1.62 bits per heavy atom. The number of esters is 1. The molecular weight excluding hydrogens is 469 g/mol. The van der Waals surface area contributed by atoms with E-state index in [1.165, 1.54) is 4.90 Å². The molecule has 0 atom stereocenters. The maximum atomic E-state index is 12.7. The van der Waals surface area contributed by atoms with Crippen LogP contribution in [0.5, 0.6) is 5.75 Å². The summed E-state index contributed by atoms with van der Waals surface area (Å²) in [6, 6.07) is 20.2. The fourth-order valence-corrected chi connectivity index (χ4v) is 4.16. The highest BCUT2D eigenvalue weighted by Crippen LogP contribution is 2.33. The van der Waals surface area contributed by atoms with Crippen LogP contribution < -0.4 is 4.74 Å². The van der Waals surface area contributed by atoms with E-state index in [9.17, 15) is 14.4 Å². The molecular formula is C24H15Cl2NO4S. The third-order valence-corrected chi connectivity index (χ3v) is 6.10. The first-order valence-electron chi connectivity index (χ1n) is 9.47. The van der Waals surface area contributed by atoms with Gasteiger partial charge in [-0.3, -0.25) is 14.5 Å². The number of halogens is 2. The van der Waals surface area contributed by atoms with Crippen LogP contribution in [0.2, 0.25) is 10.0 Å². The third-order valence-electron chi connectivity index (χ3n) is 4.61. The Hall–Kier alpha value is -3.06. The highest BCUT2D eigenvalue weighted by atomic mass is 35.5.